The molecule has 0 saturated carbocycles. The van der Waals surface area contributed by atoms with Crippen LogP contribution in [0.5, 0.6) is 11.5 Å². The highest BCUT2D eigenvalue weighted by molar-refractivity contribution is 6.31. The number of amides is 1. The van der Waals surface area contributed by atoms with Crippen LogP contribution < -0.4 is 20.3 Å². The predicted molar refractivity (Wildman–Crippen MR) is 107 cm³/mol. The smallest absolute Gasteiger partial charge is 0.281 e. The fourth-order valence-electron chi connectivity index (χ4n) is 2.51. The van der Waals surface area contributed by atoms with Crippen molar-refractivity contribution in [1.82, 2.24) is 15.4 Å². The van der Waals surface area contributed by atoms with Crippen molar-refractivity contribution in [3.8, 4) is 11.5 Å². The fraction of sp³-hybridized carbons (Fsp3) is 0.211. The SMILES string of the molecule is COCCOc1cc2ncnc(Nc3ccc(F)c(Cl)c3)c2cc1OCC(=O)NO. The third-order valence-electron chi connectivity index (χ3n) is 3.91. The average molecular weight is 437 g/mol. The number of nitrogens with zero attached hydrogens (tertiary/aromatic N) is 2. The highest BCUT2D eigenvalue weighted by atomic mass is 35.5. The number of rotatable bonds is 9. The van der Waals surface area contributed by atoms with Gasteiger partial charge in [-0.25, -0.2) is 19.8 Å². The highest BCUT2D eigenvalue weighted by Crippen LogP contribution is 2.35. The van der Waals surface area contributed by atoms with Crippen LogP contribution in [0.25, 0.3) is 10.9 Å². The standard InChI is InChI=1S/C19H18ClFN4O5/c1-28-4-5-29-17-8-15-12(7-16(17)30-9-18(26)25-27)19(23-10-22-15)24-11-2-3-14(21)13(20)6-11/h2-3,6-8,10,27H,4-5,9H2,1H3,(H,25,26)(H,22,23,24). The van der Waals surface area contributed by atoms with Gasteiger partial charge in [0.15, 0.2) is 18.1 Å². The van der Waals surface area contributed by atoms with Gasteiger partial charge >= 0.3 is 0 Å². The third-order valence-corrected chi connectivity index (χ3v) is 4.20. The van der Waals surface area contributed by atoms with Crippen LogP contribution in [0.1, 0.15) is 0 Å². The third kappa shape index (κ3) is 5.23. The first-order chi connectivity index (χ1) is 14.5. The molecule has 3 aromatic rings. The number of aromatic nitrogens is 2. The van der Waals surface area contributed by atoms with Gasteiger partial charge in [-0.1, -0.05) is 11.6 Å². The zero-order valence-corrected chi connectivity index (χ0v) is 16.6. The highest BCUT2D eigenvalue weighted by Gasteiger charge is 2.14. The maximum Gasteiger partial charge on any atom is 0.281 e. The lowest BCUT2D eigenvalue weighted by molar-refractivity contribution is -0.131. The lowest BCUT2D eigenvalue weighted by atomic mass is 10.2. The van der Waals surface area contributed by atoms with Gasteiger partial charge in [0, 0.05) is 24.2 Å². The summed E-state index contributed by atoms with van der Waals surface area (Å²) in [6.07, 6.45) is 1.36. The molecule has 0 spiro atoms. The Morgan fingerprint density at radius 1 is 1.17 bits per heavy atom. The Kier molecular flexibility index (Phi) is 7.17. The molecule has 0 unspecified atom stereocenters. The molecule has 2 aromatic carbocycles. The van der Waals surface area contributed by atoms with E-state index in [-0.39, 0.29) is 17.4 Å². The van der Waals surface area contributed by atoms with Crippen molar-refractivity contribution in [3.63, 3.8) is 0 Å². The molecule has 3 rings (SSSR count). The van der Waals surface area contributed by atoms with E-state index in [1.54, 1.807) is 19.2 Å². The maximum atomic E-state index is 13.4. The normalized spacial score (nSPS) is 10.7. The van der Waals surface area contributed by atoms with E-state index >= 15 is 0 Å². The molecule has 0 aliphatic carbocycles. The Balaban J connectivity index is 1.97. The zero-order valence-electron chi connectivity index (χ0n) is 15.8. The summed E-state index contributed by atoms with van der Waals surface area (Å²) in [6, 6.07) is 7.39. The van der Waals surface area contributed by atoms with Crippen LogP contribution in [0.15, 0.2) is 36.7 Å². The number of benzene rings is 2. The molecule has 0 aliphatic heterocycles. The van der Waals surface area contributed by atoms with Gasteiger partial charge in [-0.15, -0.1) is 0 Å². The van der Waals surface area contributed by atoms with Crippen molar-refractivity contribution in [2.45, 2.75) is 0 Å². The molecule has 158 valence electrons. The number of halogens is 2. The van der Waals surface area contributed by atoms with Crippen LogP contribution in [0, 0.1) is 5.82 Å². The number of methoxy groups -OCH3 is 1. The van der Waals surface area contributed by atoms with Crippen molar-refractivity contribution in [3.05, 3.63) is 47.5 Å². The molecule has 0 saturated heterocycles. The van der Waals surface area contributed by atoms with Crippen LogP contribution >= 0.6 is 11.6 Å². The van der Waals surface area contributed by atoms with Gasteiger partial charge in [-0.3, -0.25) is 10.0 Å². The van der Waals surface area contributed by atoms with Gasteiger partial charge in [0.25, 0.3) is 5.91 Å². The minimum absolute atomic E-state index is 0.0359. The quantitative estimate of drug-likeness (QED) is 0.266. The summed E-state index contributed by atoms with van der Waals surface area (Å²) < 4.78 is 29.5. The summed E-state index contributed by atoms with van der Waals surface area (Å²) in [5, 5.41) is 12.3. The van der Waals surface area contributed by atoms with Crippen LogP contribution in [-0.4, -0.2) is 48.0 Å². The van der Waals surface area contributed by atoms with Crippen molar-refractivity contribution in [2.75, 3.05) is 32.2 Å². The van der Waals surface area contributed by atoms with Crippen molar-refractivity contribution in [1.29, 1.82) is 0 Å². The number of fused-ring (bicyclic) bond motifs is 1. The first-order valence-electron chi connectivity index (χ1n) is 8.70. The Morgan fingerprint density at radius 3 is 2.70 bits per heavy atom. The fourth-order valence-corrected chi connectivity index (χ4v) is 2.69. The summed E-state index contributed by atoms with van der Waals surface area (Å²) in [4.78, 5) is 19.8. The minimum atomic E-state index is -0.735. The van der Waals surface area contributed by atoms with Gasteiger partial charge in [-0.05, 0) is 24.3 Å². The molecule has 1 aromatic heterocycles. The van der Waals surface area contributed by atoms with Crippen molar-refractivity contribution < 1.29 is 28.6 Å². The van der Waals surface area contributed by atoms with E-state index in [0.29, 0.717) is 34.8 Å². The number of hydrogen-bond donors (Lipinski definition) is 3. The van der Waals surface area contributed by atoms with Crippen LogP contribution in [0.3, 0.4) is 0 Å². The molecule has 0 radical (unpaired) electrons. The zero-order chi connectivity index (χ0) is 21.5. The second kappa shape index (κ2) is 10.0. The number of hydrogen-bond acceptors (Lipinski definition) is 8. The number of anilines is 2. The lowest BCUT2D eigenvalue weighted by Crippen LogP contribution is -2.25. The van der Waals surface area contributed by atoms with E-state index in [2.05, 4.69) is 15.3 Å². The summed E-state index contributed by atoms with van der Waals surface area (Å²) >= 11 is 5.84. The molecule has 0 bridgehead atoms. The largest absolute Gasteiger partial charge is 0.487 e. The molecule has 11 heteroatoms. The number of carbonyl (C=O) groups is 1. The second-order valence-corrected chi connectivity index (χ2v) is 6.36. The maximum absolute atomic E-state index is 13.4. The summed E-state index contributed by atoms with van der Waals surface area (Å²) in [5.41, 5.74) is 2.54. The number of ether oxygens (including phenoxy) is 3. The van der Waals surface area contributed by atoms with Gasteiger partial charge < -0.3 is 19.5 Å². The Morgan fingerprint density at radius 2 is 1.97 bits per heavy atom. The molecule has 1 heterocycles. The van der Waals surface area contributed by atoms with E-state index in [1.807, 2.05) is 0 Å². The molecule has 3 N–H and O–H groups in total. The van der Waals surface area contributed by atoms with E-state index < -0.39 is 18.3 Å². The van der Waals surface area contributed by atoms with E-state index in [1.165, 1.54) is 30.0 Å². The number of carbonyl (C=O) groups excluding carboxylic acids is 1. The summed E-state index contributed by atoms with van der Waals surface area (Å²) in [5.74, 6) is -0.299. The summed E-state index contributed by atoms with van der Waals surface area (Å²) in [6.45, 7) is 0.151. The molecule has 30 heavy (non-hydrogen) atoms. The monoisotopic (exact) mass is 436 g/mol. The van der Waals surface area contributed by atoms with Gasteiger partial charge in [0.05, 0.1) is 17.1 Å². The Hall–Kier alpha value is -3.21. The molecular weight excluding hydrogens is 419 g/mol. The van der Waals surface area contributed by atoms with Crippen molar-refractivity contribution >= 4 is 39.9 Å². The molecule has 9 nitrogen and oxygen atoms in total. The van der Waals surface area contributed by atoms with Gasteiger partial charge in [0.2, 0.25) is 0 Å². The van der Waals surface area contributed by atoms with E-state index in [9.17, 15) is 9.18 Å². The van der Waals surface area contributed by atoms with Crippen LogP contribution in [-0.2, 0) is 9.53 Å². The molecule has 0 atom stereocenters. The van der Waals surface area contributed by atoms with Gasteiger partial charge in [0.1, 0.15) is 24.6 Å². The van der Waals surface area contributed by atoms with Crippen LogP contribution in [0.2, 0.25) is 5.02 Å². The van der Waals surface area contributed by atoms with E-state index in [4.69, 9.17) is 31.0 Å². The first-order valence-corrected chi connectivity index (χ1v) is 9.08. The van der Waals surface area contributed by atoms with Crippen LogP contribution in [0.4, 0.5) is 15.9 Å². The second-order valence-electron chi connectivity index (χ2n) is 5.96. The Bertz CT molecular complexity index is 1050. The Labute approximate surface area is 175 Å². The number of hydroxylamine groups is 1. The number of nitrogens with one attached hydrogen (secondary N) is 2. The van der Waals surface area contributed by atoms with Gasteiger partial charge in [-0.2, -0.15) is 0 Å². The molecule has 1 amide bonds. The average Bonchev–Trinajstić information content (AvgIpc) is 2.75. The molecular formula is C19H18ClFN4O5. The van der Waals surface area contributed by atoms with Crippen molar-refractivity contribution in [2.24, 2.45) is 0 Å². The molecule has 0 fully saturated rings. The van der Waals surface area contributed by atoms with E-state index in [0.717, 1.165) is 0 Å². The lowest BCUT2D eigenvalue weighted by Gasteiger charge is -2.15. The summed E-state index contributed by atoms with van der Waals surface area (Å²) in [7, 11) is 1.54. The predicted octanol–water partition coefficient (Wildman–Crippen LogP) is 3.08. The first kappa shape index (κ1) is 21.5. The molecule has 0 aliphatic rings. The minimum Gasteiger partial charge on any atom is -0.487 e. The topological polar surface area (TPSA) is 115 Å².